The normalized spacial score (nSPS) is 13.5. The van der Waals surface area contributed by atoms with Gasteiger partial charge in [0.2, 0.25) is 0 Å². The predicted molar refractivity (Wildman–Crippen MR) is 103 cm³/mol. The Morgan fingerprint density at radius 2 is 1.81 bits per heavy atom. The van der Waals surface area contributed by atoms with Crippen LogP contribution >= 0.6 is 11.3 Å². The highest BCUT2D eigenvalue weighted by atomic mass is 32.1. The maximum absolute atomic E-state index is 11.7. The standard InChI is InChI=1S/C19H25N3O3S/c1-11-15(12(2)23)26-17(22(11)6)20-14-9-7-13(8-10-14)16(19(3,4)5)21-18(24)25/h7-10,16,21H,1-6H3,(H,24,25). The van der Waals surface area contributed by atoms with E-state index in [4.69, 9.17) is 5.11 Å². The smallest absolute Gasteiger partial charge is 0.405 e. The second-order valence-electron chi connectivity index (χ2n) is 7.37. The van der Waals surface area contributed by atoms with Crippen molar-refractivity contribution in [2.24, 2.45) is 17.5 Å². The lowest BCUT2D eigenvalue weighted by Crippen LogP contribution is -2.35. The highest BCUT2D eigenvalue weighted by Crippen LogP contribution is 2.33. The third kappa shape index (κ3) is 4.40. The van der Waals surface area contributed by atoms with E-state index in [-0.39, 0.29) is 17.2 Å². The summed E-state index contributed by atoms with van der Waals surface area (Å²) in [6.45, 7) is 9.43. The number of amides is 1. The van der Waals surface area contributed by atoms with Crippen LogP contribution in [0.4, 0.5) is 10.5 Å². The molecule has 1 aromatic heterocycles. The number of carboxylic acid groups (broad SMARTS) is 1. The molecule has 2 rings (SSSR count). The molecule has 0 saturated carbocycles. The molecule has 1 amide bonds. The van der Waals surface area contributed by atoms with Gasteiger partial charge in [-0.05, 0) is 30.0 Å². The Hall–Kier alpha value is -2.41. The fourth-order valence-electron chi connectivity index (χ4n) is 2.73. The van der Waals surface area contributed by atoms with Gasteiger partial charge in [0.1, 0.15) is 0 Å². The molecule has 2 aromatic rings. The SMILES string of the molecule is CC(=O)c1sc(=Nc2ccc(C(NC(=O)O)C(C)(C)C)cc2)n(C)c1C. The van der Waals surface area contributed by atoms with Crippen LogP contribution in [0.1, 0.15) is 54.7 Å². The Balaban J connectivity index is 2.40. The summed E-state index contributed by atoms with van der Waals surface area (Å²) in [5.74, 6) is 0.0349. The molecule has 140 valence electrons. The lowest BCUT2D eigenvalue weighted by atomic mass is 9.82. The zero-order valence-electron chi connectivity index (χ0n) is 16.0. The van der Waals surface area contributed by atoms with Gasteiger partial charge in [-0.2, -0.15) is 0 Å². The average molecular weight is 375 g/mol. The first kappa shape index (κ1) is 19.9. The lowest BCUT2D eigenvalue weighted by molar-refractivity contribution is 0.102. The van der Waals surface area contributed by atoms with Gasteiger partial charge in [-0.25, -0.2) is 9.79 Å². The van der Waals surface area contributed by atoms with Gasteiger partial charge in [0.05, 0.1) is 16.6 Å². The van der Waals surface area contributed by atoms with Crippen LogP contribution in [0.2, 0.25) is 0 Å². The van der Waals surface area contributed by atoms with Crippen molar-refractivity contribution in [2.75, 3.05) is 0 Å². The van der Waals surface area contributed by atoms with Crippen molar-refractivity contribution in [1.29, 1.82) is 0 Å². The monoisotopic (exact) mass is 375 g/mol. The molecule has 26 heavy (non-hydrogen) atoms. The van der Waals surface area contributed by atoms with E-state index in [1.54, 1.807) is 6.92 Å². The molecule has 2 N–H and O–H groups in total. The topological polar surface area (TPSA) is 83.7 Å². The summed E-state index contributed by atoms with van der Waals surface area (Å²) in [6.07, 6.45) is -1.04. The minimum Gasteiger partial charge on any atom is -0.465 e. The number of carbonyl (C=O) groups is 2. The minimum atomic E-state index is -1.04. The molecule has 0 aliphatic heterocycles. The molecule has 0 radical (unpaired) electrons. The molecule has 0 fully saturated rings. The summed E-state index contributed by atoms with van der Waals surface area (Å²) in [5, 5.41) is 11.7. The molecule has 0 aliphatic rings. The van der Waals surface area contributed by atoms with Crippen molar-refractivity contribution in [3.05, 3.63) is 45.2 Å². The summed E-state index contributed by atoms with van der Waals surface area (Å²) in [7, 11) is 1.89. The summed E-state index contributed by atoms with van der Waals surface area (Å²) >= 11 is 1.37. The van der Waals surface area contributed by atoms with E-state index in [2.05, 4.69) is 10.3 Å². The quantitative estimate of drug-likeness (QED) is 0.786. The number of aromatic nitrogens is 1. The van der Waals surface area contributed by atoms with Crippen molar-refractivity contribution >= 4 is 28.9 Å². The molecular weight excluding hydrogens is 350 g/mol. The predicted octanol–water partition coefficient (Wildman–Crippen LogP) is 4.18. The lowest BCUT2D eigenvalue weighted by Gasteiger charge is -2.30. The molecule has 0 spiro atoms. The van der Waals surface area contributed by atoms with Gasteiger partial charge in [0.15, 0.2) is 10.6 Å². The van der Waals surface area contributed by atoms with Gasteiger partial charge >= 0.3 is 6.09 Å². The maximum Gasteiger partial charge on any atom is 0.405 e. The molecule has 0 bridgehead atoms. The van der Waals surface area contributed by atoms with Crippen LogP contribution in [-0.4, -0.2) is 21.6 Å². The van der Waals surface area contributed by atoms with Crippen LogP contribution < -0.4 is 10.1 Å². The number of Topliss-reactive ketones (excluding diaryl/α,β-unsaturated/α-hetero) is 1. The third-order valence-corrected chi connectivity index (χ3v) is 5.55. The second kappa shape index (κ2) is 7.45. The van der Waals surface area contributed by atoms with Crippen LogP contribution in [0.5, 0.6) is 0 Å². The van der Waals surface area contributed by atoms with Crippen molar-refractivity contribution in [2.45, 2.75) is 40.7 Å². The molecule has 7 heteroatoms. The van der Waals surface area contributed by atoms with Gasteiger partial charge in [0.25, 0.3) is 0 Å². The fourth-order valence-corrected chi connectivity index (χ4v) is 3.76. The van der Waals surface area contributed by atoms with E-state index in [9.17, 15) is 9.59 Å². The molecular formula is C19H25N3O3S. The Morgan fingerprint density at radius 3 is 2.23 bits per heavy atom. The van der Waals surface area contributed by atoms with E-state index >= 15 is 0 Å². The van der Waals surface area contributed by atoms with Crippen molar-refractivity contribution in [1.82, 2.24) is 9.88 Å². The highest BCUT2D eigenvalue weighted by molar-refractivity contribution is 7.11. The average Bonchev–Trinajstić information content (AvgIpc) is 2.81. The number of carbonyl (C=O) groups excluding carboxylic acids is 1. The zero-order valence-corrected chi connectivity index (χ0v) is 16.8. The molecule has 6 nitrogen and oxygen atoms in total. The summed E-state index contributed by atoms with van der Waals surface area (Å²) < 4.78 is 1.90. The van der Waals surface area contributed by atoms with Crippen molar-refractivity contribution in [3.63, 3.8) is 0 Å². The van der Waals surface area contributed by atoms with Gasteiger partial charge in [-0.15, -0.1) is 0 Å². The summed E-state index contributed by atoms with van der Waals surface area (Å²) in [5.41, 5.74) is 2.28. The van der Waals surface area contributed by atoms with Gasteiger partial charge < -0.3 is 15.0 Å². The Morgan fingerprint density at radius 1 is 1.23 bits per heavy atom. The Labute approximate surface area is 157 Å². The number of hydrogen-bond donors (Lipinski definition) is 2. The largest absolute Gasteiger partial charge is 0.465 e. The third-order valence-electron chi connectivity index (χ3n) is 4.22. The van der Waals surface area contributed by atoms with E-state index in [0.717, 1.165) is 21.7 Å². The molecule has 1 aromatic carbocycles. The highest BCUT2D eigenvalue weighted by Gasteiger charge is 2.27. The molecule has 0 aliphatic carbocycles. The van der Waals surface area contributed by atoms with Crippen LogP contribution in [0.25, 0.3) is 0 Å². The van der Waals surface area contributed by atoms with Crippen molar-refractivity contribution < 1.29 is 14.7 Å². The van der Waals surface area contributed by atoms with Crippen LogP contribution in [0, 0.1) is 12.3 Å². The number of ketones is 1. The minimum absolute atomic E-state index is 0.0349. The van der Waals surface area contributed by atoms with E-state index in [1.807, 2.05) is 63.6 Å². The molecule has 0 saturated heterocycles. The fraction of sp³-hybridized carbons (Fsp3) is 0.421. The number of nitrogens with one attached hydrogen (secondary N) is 1. The zero-order chi connectivity index (χ0) is 19.6. The number of hydrogen-bond acceptors (Lipinski definition) is 4. The van der Waals surface area contributed by atoms with E-state index in [0.29, 0.717) is 4.88 Å². The summed E-state index contributed by atoms with van der Waals surface area (Å²) in [6, 6.07) is 7.17. The first-order valence-corrected chi connectivity index (χ1v) is 9.14. The number of nitrogens with zero attached hydrogens (tertiary/aromatic N) is 2. The van der Waals surface area contributed by atoms with Crippen LogP contribution in [0.3, 0.4) is 0 Å². The summed E-state index contributed by atoms with van der Waals surface area (Å²) in [4.78, 5) is 28.9. The first-order valence-electron chi connectivity index (χ1n) is 8.32. The van der Waals surface area contributed by atoms with Gasteiger partial charge in [0, 0.05) is 19.7 Å². The molecule has 1 heterocycles. The van der Waals surface area contributed by atoms with Crippen LogP contribution in [0.15, 0.2) is 29.3 Å². The van der Waals surface area contributed by atoms with E-state index < -0.39 is 6.09 Å². The first-order chi connectivity index (χ1) is 12.0. The Kier molecular flexibility index (Phi) is 5.71. The second-order valence-corrected chi connectivity index (χ2v) is 8.34. The molecule has 1 atom stereocenters. The van der Waals surface area contributed by atoms with Crippen molar-refractivity contribution in [3.8, 4) is 0 Å². The molecule has 1 unspecified atom stereocenters. The van der Waals surface area contributed by atoms with E-state index in [1.165, 1.54) is 11.3 Å². The number of rotatable bonds is 4. The number of benzene rings is 1. The van der Waals surface area contributed by atoms with Gasteiger partial charge in [-0.3, -0.25) is 4.79 Å². The van der Waals surface area contributed by atoms with Crippen LogP contribution in [-0.2, 0) is 7.05 Å². The Bertz CT molecular complexity index is 886. The van der Waals surface area contributed by atoms with Gasteiger partial charge in [-0.1, -0.05) is 44.2 Å². The maximum atomic E-state index is 11.7. The number of thiazole rings is 1.